The second-order valence-corrected chi connectivity index (χ2v) is 6.42. The van der Waals surface area contributed by atoms with Crippen molar-refractivity contribution in [3.05, 3.63) is 47.0 Å². The molecule has 0 saturated heterocycles. The highest BCUT2D eigenvalue weighted by Crippen LogP contribution is 2.19. The van der Waals surface area contributed by atoms with Gasteiger partial charge in [-0.2, -0.15) is 5.10 Å². The summed E-state index contributed by atoms with van der Waals surface area (Å²) < 4.78 is 14.7. The molecule has 1 heterocycles. The Bertz CT molecular complexity index is 708. The van der Waals surface area contributed by atoms with Crippen molar-refractivity contribution in [1.29, 1.82) is 0 Å². The Morgan fingerprint density at radius 3 is 2.46 bits per heavy atom. The second kappa shape index (κ2) is 7.57. The molecule has 0 spiro atoms. The first-order valence-electron chi connectivity index (χ1n) is 8.07. The number of hydrogen-bond donors (Lipinski definition) is 2. The van der Waals surface area contributed by atoms with E-state index in [2.05, 4.69) is 10.4 Å². The van der Waals surface area contributed by atoms with E-state index in [1.54, 1.807) is 30.7 Å². The van der Waals surface area contributed by atoms with Crippen LogP contribution in [0.15, 0.2) is 24.3 Å². The Balaban J connectivity index is 2.28. The number of hydrogen-bond acceptors (Lipinski definition) is 3. The molecule has 1 amide bonds. The molecule has 1 unspecified atom stereocenters. The summed E-state index contributed by atoms with van der Waals surface area (Å²) in [5.74, 6) is -0.206. The van der Waals surface area contributed by atoms with E-state index in [9.17, 15) is 14.3 Å². The van der Waals surface area contributed by atoms with Gasteiger partial charge in [0.15, 0.2) is 0 Å². The van der Waals surface area contributed by atoms with Gasteiger partial charge in [-0.3, -0.25) is 4.79 Å². The zero-order chi connectivity index (χ0) is 17.9. The molecule has 1 aromatic carbocycles. The molecular weight excluding hydrogens is 309 g/mol. The zero-order valence-corrected chi connectivity index (χ0v) is 14.5. The van der Waals surface area contributed by atoms with Crippen LogP contribution in [0.4, 0.5) is 4.39 Å². The van der Waals surface area contributed by atoms with Crippen molar-refractivity contribution < 1.29 is 14.3 Å². The fourth-order valence-electron chi connectivity index (χ4n) is 2.81. The standard InChI is InChI=1S/C18H24FN3O2/c1-11(2)9-15(10-23)20-18(24)17-12(3)21-22(13(17)4)16-7-5-14(19)6-8-16/h5-8,11,15,23H,9-10H2,1-4H3,(H,20,24). The minimum Gasteiger partial charge on any atom is -0.394 e. The molecule has 0 aliphatic heterocycles. The smallest absolute Gasteiger partial charge is 0.255 e. The normalized spacial score (nSPS) is 12.5. The predicted octanol–water partition coefficient (Wildman–Crippen LogP) is 2.77. The molecule has 1 aromatic heterocycles. The van der Waals surface area contributed by atoms with E-state index in [1.807, 2.05) is 13.8 Å². The van der Waals surface area contributed by atoms with Gasteiger partial charge in [-0.25, -0.2) is 9.07 Å². The van der Waals surface area contributed by atoms with Crippen molar-refractivity contribution in [2.24, 2.45) is 5.92 Å². The van der Waals surface area contributed by atoms with Crippen LogP contribution in [-0.4, -0.2) is 33.4 Å². The van der Waals surface area contributed by atoms with Gasteiger partial charge in [0.25, 0.3) is 5.91 Å². The molecule has 0 aliphatic rings. The van der Waals surface area contributed by atoms with Gasteiger partial charge in [0.1, 0.15) is 5.82 Å². The van der Waals surface area contributed by atoms with Crippen LogP contribution in [0.5, 0.6) is 0 Å². The Morgan fingerprint density at radius 2 is 1.92 bits per heavy atom. The van der Waals surface area contributed by atoms with E-state index >= 15 is 0 Å². The van der Waals surface area contributed by atoms with E-state index in [1.165, 1.54) is 12.1 Å². The monoisotopic (exact) mass is 333 g/mol. The van der Waals surface area contributed by atoms with Crippen LogP contribution in [0, 0.1) is 25.6 Å². The number of benzene rings is 1. The van der Waals surface area contributed by atoms with Crippen LogP contribution >= 0.6 is 0 Å². The van der Waals surface area contributed by atoms with Crippen LogP contribution in [-0.2, 0) is 0 Å². The van der Waals surface area contributed by atoms with Gasteiger partial charge in [0.2, 0.25) is 0 Å². The molecule has 1 atom stereocenters. The number of aliphatic hydroxyl groups is 1. The molecule has 130 valence electrons. The third-order valence-electron chi connectivity index (χ3n) is 3.90. The number of amides is 1. The van der Waals surface area contributed by atoms with E-state index in [0.29, 0.717) is 35.0 Å². The molecule has 0 radical (unpaired) electrons. The minimum absolute atomic E-state index is 0.103. The number of aromatic nitrogens is 2. The molecular formula is C18H24FN3O2. The van der Waals surface area contributed by atoms with Crippen LogP contribution in [0.25, 0.3) is 5.69 Å². The topological polar surface area (TPSA) is 67.2 Å². The zero-order valence-electron chi connectivity index (χ0n) is 14.5. The van der Waals surface area contributed by atoms with Gasteiger partial charge in [0.05, 0.1) is 35.3 Å². The first kappa shape index (κ1) is 18.1. The minimum atomic E-state index is -0.322. The van der Waals surface area contributed by atoms with Gasteiger partial charge >= 0.3 is 0 Å². The largest absolute Gasteiger partial charge is 0.394 e. The summed E-state index contributed by atoms with van der Waals surface area (Å²) in [6.07, 6.45) is 0.701. The Morgan fingerprint density at radius 1 is 1.29 bits per heavy atom. The van der Waals surface area contributed by atoms with Crippen molar-refractivity contribution in [3.8, 4) is 5.69 Å². The summed E-state index contributed by atoms with van der Waals surface area (Å²) in [6.45, 7) is 7.54. The number of carbonyl (C=O) groups is 1. The van der Waals surface area contributed by atoms with Gasteiger partial charge in [-0.1, -0.05) is 13.8 Å². The van der Waals surface area contributed by atoms with E-state index < -0.39 is 0 Å². The summed E-state index contributed by atoms with van der Waals surface area (Å²) in [6, 6.07) is 5.66. The third-order valence-corrected chi connectivity index (χ3v) is 3.90. The average Bonchev–Trinajstić information content (AvgIpc) is 2.81. The Hall–Kier alpha value is -2.21. The van der Waals surface area contributed by atoms with E-state index in [-0.39, 0.29) is 24.4 Å². The fourth-order valence-corrected chi connectivity index (χ4v) is 2.81. The van der Waals surface area contributed by atoms with Crippen LogP contribution in [0.1, 0.15) is 42.0 Å². The number of nitrogens with one attached hydrogen (secondary N) is 1. The lowest BCUT2D eigenvalue weighted by atomic mass is 10.0. The molecule has 0 saturated carbocycles. The van der Waals surface area contributed by atoms with E-state index in [0.717, 1.165) is 0 Å². The Kier molecular flexibility index (Phi) is 5.72. The summed E-state index contributed by atoms with van der Waals surface area (Å²) in [4.78, 5) is 12.6. The average molecular weight is 333 g/mol. The summed E-state index contributed by atoms with van der Waals surface area (Å²) in [7, 11) is 0. The predicted molar refractivity (Wildman–Crippen MR) is 90.8 cm³/mol. The lowest BCUT2D eigenvalue weighted by Gasteiger charge is -2.18. The molecule has 0 bridgehead atoms. The third kappa shape index (κ3) is 4.00. The van der Waals surface area contributed by atoms with Crippen molar-refractivity contribution in [2.75, 3.05) is 6.61 Å². The van der Waals surface area contributed by atoms with Crippen molar-refractivity contribution in [3.63, 3.8) is 0 Å². The fraction of sp³-hybridized carbons (Fsp3) is 0.444. The molecule has 2 aromatic rings. The number of carbonyl (C=O) groups excluding carboxylic acids is 1. The van der Waals surface area contributed by atoms with Gasteiger partial charge < -0.3 is 10.4 Å². The molecule has 6 heteroatoms. The SMILES string of the molecule is Cc1nn(-c2ccc(F)cc2)c(C)c1C(=O)NC(CO)CC(C)C. The maximum atomic E-state index is 13.1. The highest BCUT2D eigenvalue weighted by Gasteiger charge is 2.22. The summed E-state index contributed by atoms with van der Waals surface area (Å²) in [5.41, 5.74) is 2.45. The number of aliphatic hydroxyl groups excluding tert-OH is 1. The summed E-state index contributed by atoms with van der Waals surface area (Å²) >= 11 is 0. The molecule has 2 N–H and O–H groups in total. The van der Waals surface area contributed by atoms with Crippen LogP contribution < -0.4 is 5.32 Å². The van der Waals surface area contributed by atoms with Crippen molar-refractivity contribution in [1.82, 2.24) is 15.1 Å². The molecule has 24 heavy (non-hydrogen) atoms. The highest BCUT2D eigenvalue weighted by atomic mass is 19.1. The number of aryl methyl sites for hydroxylation is 1. The number of nitrogens with zero attached hydrogens (tertiary/aromatic N) is 2. The van der Waals surface area contributed by atoms with E-state index in [4.69, 9.17) is 0 Å². The molecule has 5 nitrogen and oxygen atoms in total. The lowest BCUT2D eigenvalue weighted by molar-refractivity contribution is 0.0907. The molecule has 0 aliphatic carbocycles. The highest BCUT2D eigenvalue weighted by molar-refractivity contribution is 5.96. The quantitative estimate of drug-likeness (QED) is 0.854. The molecule has 2 rings (SSSR count). The van der Waals surface area contributed by atoms with Crippen LogP contribution in [0.3, 0.4) is 0 Å². The lowest BCUT2D eigenvalue weighted by Crippen LogP contribution is -2.38. The maximum absolute atomic E-state index is 13.1. The van der Waals surface area contributed by atoms with Crippen molar-refractivity contribution in [2.45, 2.75) is 40.2 Å². The first-order valence-corrected chi connectivity index (χ1v) is 8.07. The van der Waals surface area contributed by atoms with Gasteiger partial charge in [-0.15, -0.1) is 0 Å². The summed E-state index contributed by atoms with van der Waals surface area (Å²) in [5, 5.41) is 16.7. The van der Waals surface area contributed by atoms with Crippen LogP contribution in [0.2, 0.25) is 0 Å². The maximum Gasteiger partial charge on any atom is 0.255 e. The van der Waals surface area contributed by atoms with Gasteiger partial charge in [-0.05, 0) is 50.5 Å². The second-order valence-electron chi connectivity index (χ2n) is 6.42. The number of rotatable bonds is 6. The van der Waals surface area contributed by atoms with Gasteiger partial charge in [0, 0.05) is 0 Å². The Labute approximate surface area is 141 Å². The first-order chi connectivity index (χ1) is 11.3. The molecule has 0 fully saturated rings. The number of halogens is 1. The van der Waals surface area contributed by atoms with Crippen molar-refractivity contribution >= 4 is 5.91 Å².